The van der Waals surface area contributed by atoms with Crippen molar-refractivity contribution in [2.45, 2.75) is 12.1 Å². The van der Waals surface area contributed by atoms with E-state index in [1.165, 1.54) is 18.2 Å². The molecule has 10 heteroatoms. The number of nitrogens with one attached hydrogen (secondary N) is 3. The van der Waals surface area contributed by atoms with E-state index in [0.717, 1.165) is 4.68 Å². The lowest BCUT2D eigenvalue weighted by molar-refractivity contribution is -0.136. The van der Waals surface area contributed by atoms with E-state index in [1.807, 2.05) is 0 Å². The second-order valence-corrected chi connectivity index (χ2v) is 8.93. The molecule has 0 aliphatic carbocycles. The van der Waals surface area contributed by atoms with E-state index in [4.69, 9.17) is 11.6 Å². The minimum absolute atomic E-state index is 0.108. The first-order valence-corrected chi connectivity index (χ1v) is 11.8. The van der Waals surface area contributed by atoms with Crippen LogP contribution in [0, 0.1) is 0 Å². The zero-order chi connectivity index (χ0) is 26.2. The number of rotatable bonds is 6. The van der Waals surface area contributed by atoms with Crippen LogP contribution < -0.4 is 21.9 Å². The van der Waals surface area contributed by atoms with Gasteiger partial charge in [0.05, 0.1) is 12.1 Å². The molecule has 5 rings (SSSR count). The fourth-order valence-corrected chi connectivity index (χ4v) is 4.53. The van der Waals surface area contributed by atoms with Gasteiger partial charge in [0.25, 0.3) is 17.0 Å². The largest absolute Gasteiger partial charge is 0.372 e. The van der Waals surface area contributed by atoms with Crippen LogP contribution in [0.1, 0.15) is 11.1 Å². The zero-order valence-corrected chi connectivity index (χ0v) is 20.1. The van der Waals surface area contributed by atoms with E-state index >= 15 is 0 Å². The summed E-state index contributed by atoms with van der Waals surface area (Å²) in [7, 11) is 0. The molecule has 0 saturated carbocycles. The van der Waals surface area contributed by atoms with Gasteiger partial charge in [0.2, 0.25) is 5.43 Å². The van der Waals surface area contributed by atoms with Crippen molar-refractivity contribution in [2.24, 2.45) is 0 Å². The third kappa shape index (κ3) is 4.24. The Morgan fingerprint density at radius 3 is 2.19 bits per heavy atom. The average Bonchev–Trinajstić information content (AvgIpc) is 2.91. The molecule has 4 N–H and O–H groups in total. The van der Waals surface area contributed by atoms with Gasteiger partial charge in [0, 0.05) is 17.0 Å². The van der Waals surface area contributed by atoms with Gasteiger partial charge >= 0.3 is 0 Å². The second kappa shape index (κ2) is 9.53. The van der Waals surface area contributed by atoms with Crippen LogP contribution in [0.5, 0.6) is 0 Å². The number of aromatic nitrogens is 3. The predicted molar refractivity (Wildman–Crippen MR) is 141 cm³/mol. The second-order valence-electron chi connectivity index (χ2n) is 8.49. The maximum absolute atomic E-state index is 13.3. The predicted octanol–water partition coefficient (Wildman–Crippen LogP) is 2.24. The maximum Gasteiger partial charge on any atom is 0.287 e. The lowest BCUT2D eigenvalue weighted by Gasteiger charge is -2.28. The molecule has 1 amide bonds. The van der Waals surface area contributed by atoms with Gasteiger partial charge in [-0.05, 0) is 29.3 Å². The quantitative estimate of drug-likeness (QED) is 0.256. The van der Waals surface area contributed by atoms with Crippen molar-refractivity contribution < 1.29 is 9.90 Å². The first-order chi connectivity index (χ1) is 17.8. The highest BCUT2D eigenvalue weighted by atomic mass is 35.5. The van der Waals surface area contributed by atoms with Crippen molar-refractivity contribution in [3.8, 4) is 0 Å². The molecular formula is C27H21ClN4O5. The van der Waals surface area contributed by atoms with E-state index in [0.29, 0.717) is 21.7 Å². The SMILES string of the molecule is O=C(NCCn1[nH]c(=O)c2[nH]c3cc(Cl)ccc3c(=O)c2c1=O)C(O)(c1ccccc1)c1ccccc1. The standard InChI is InChI=1S/C27H21ClN4O5/c28-18-11-12-19-20(15-18)30-22-21(23(19)33)25(35)32(31-24(22)34)14-13-29-26(36)27(37,16-7-3-1-4-8-16)17-9-5-2-6-10-17/h1-12,15,37H,13-14H2,(H,29,36)(H,30,33)(H,31,34). The Hall–Kier alpha value is -4.47. The Morgan fingerprint density at radius 1 is 0.946 bits per heavy atom. The number of H-pyrrole nitrogens is 2. The molecule has 0 unspecified atom stereocenters. The normalized spacial score (nSPS) is 11.6. The number of benzene rings is 3. The molecule has 5 aromatic rings. The van der Waals surface area contributed by atoms with Gasteiger partial charge in [0.1, 0.15) is 10.9 Å². The molecule has 2 aromatic heterocycles. The molecular weight excluding hydrogens is 496 g/mol. The van der Waals surface area contributed by atoms with E-state index in [-0.39, 0.29) is 29.4 Å². The smallest absolute Gasteiger partial charge is 0.287 e. The van der Waals surface area contributed by atoms with E-state index < -0.39 is 28.1 Å². The monoisotopic (exact) mass is 516 g/mol. The molecule has 9 nitrogen and oxygen atoms in total. The summed E-state index contributed by atoms with van der Waals surface area (Å²) in [5.41, 5.74) is -3.07. The zero-order valence-electron chi connectivity index (χ0n) is 19.3. The summed E-state index contributed by atoms with van der Waals surface area (Å²) in [5.74, 6) is -0.707. The number of carbonyl (C=O) groups is 1. The lowest BCUT2D eigenvalue weighted by atomic mass is 9.85. The van der Waals surface area contributed by atoms with Gasteiger partial charge in [-0.15, -0.1) is 0 Å². The number of aliphatic hydroxyl groups is 1. The summed E-state index contributed by atoms with van der Waals surface area (Å²) < 4.78 is 0.964. The van der Waals surface area contributed by atoms with Crippen LogP contribution in [0.2, 0.25) is 5.02 Å². The number of hydrogen-bond acceptors (Lipinski definition) is 5. The number of fused-ring (bicyclic) bond motifs is 2. The highest BCUT2D eigenvalue weighted by Gasteiger charge is 2.39. The molecule has 0 fully saturated rings. The summed E-state index contributed by atoms with van der Waals surface area (Å²) in [6.45, 7) is -0.253. The molecule has 0 aliphatic heterocycles. The Labute approximate surface area is 213 Å². The fourth-order valence-electron chi connectivity index (χ4n) is 4.36. The van der Waals surface area contributed by atoms with Gasteiger partial charge in [-0.2, -0.15) is 0 Å². The minimum Gasteiger partial charge on any atom is -0.372 e. The molecule has 37 heavy (non-hydrogen) atoms. The summed E-state index contributed by atoms with van der Waals surface area (Å²) in [4.78, 5) is 54.9. The fraction of sp³-hybridized carbons (Fsp3) is 0.111. The minimum atomic E-state index is -1.98. The van der Waals surface area contributed by atoms with E-state index in [2.05, 4.69) is 15.4 Å². The molecule has 0 radical (unpaired) electrons. The van der Waals surface area contributed by atoms with Gasteiger partial charge < -0.3 is 15.4 Å². The number of hydrogen-bond donors (Lipinski definition) is 4. The van der Waals surface area contributed by atoms with Crippen molar-refractivity contribution in [3.63, 3.8) is 0 Å². The highest BCUT2D eigenvalue weighted by molar-refractivity contribution is 6.31. The Morgan fingerprint density at radius 2 is 1.57 bits per heavy atom. The van der Waals surface area contributed by atoms with Crippen LogP contribution in [-0.4, -0.2) is 32.3 Å². The number of halogens is 1. The topological polar surface area (TPSA) is 137 Å². The van der Waals surface area contributed by atoms with Crippen molar-refractivity contribution >= 4 is 39.3 Å². The van der Waals surface area contributed by atoms with Crippen molar-refractivity contribution in [1.29, 1.82) is 0 Å². The summed E-state index contributed by atoms with van der Waals surface area (Å²) in [6.07, 6.45) is 0. The van der Waals surface area contributed by atoms with Crippen molar-refractivity contribution in [1.82, 2.24) is 20.1 Å². The number of pyridine rings is 1. The highest BCUT2D eigenvalue weighted by Crippen LogP contribution is 2.29. The Kier molecular flexibility index (Phi) is 6.24. The van der Waals surface area contributed by atoms with Crippen LogP contribution in [-0.2, 0) is 16.9 Å². The molecule has 0 aliphatic rings. The van der Waals surface area contributed by atoms with Gasteiger partial charge in [-0.3, -0.25) is 24.3 Å². The third-order valence-corrected chi connectivity index (χ3v) is 6.45. The van der Waals surface area contributed by atoms with Crippen LogP contribution in [0.4, 0.5) is 0 Å². The Balaban J connectivity index is 1.46. The van der Waals surface area contributed by atoms with E-state index in [9.17, 15) is 24.3 Å². The van der Waals surface area contributed by atoms with Gasteiger partial charge in [-0.1, -0.05) is 72.3 Å². The number of nitrogens with zero attached hydrogens (tertiary/aromatic N) is 1. The molecule has 2 heterocycles. The van der Waals surface area contributed by atoms with Crippen LogP contribution in [0.25, 0.3) is 21.8 Å². The molecule has 0 spiro atoms. The average molecular weight is 517 g/mol. The summed E-state index contributed by atoms with van der Waals surface area (Å²) in [5, 5.41) is 16.9. The van der Waals surface area contributed by atoms with Crippen molar-refractivity contribution in [2.75, 3.05) is 6.54 Å². The van der Waals surface area contributed by atoms with Crippen LogP contribution in [0.3, 0.4) is 0 Å². The summed E-state index contributed by atoms with van der Waals surface area (Å²) >= 11 is 5.99. The number of aromatic amines is 2. The molecule has 3 aromatic carbocycles. The molecule has 0 atom stereocenters. The van der Waals surface area contributed by atoms with Crippen molar-refractivity contribution in [3.05, 3.63) is 126 Å². The first-order valence-electron chi connectivity index (χ1n) is 11.4. The molecule has 186 valence electrons. The van der Waals surface area contributed by atoms with Gasteiger partial charge in [0.15, 0.2) is 5.60 Å². The summed E-state index contributed by atoms with van der Waals surface area (Å²) in [6, 6.07) is 21.5. The molecule has 0 saturated heterocycles. The number of carbonyl (C=O) groups excluding carboxylic acids is 1. The van der Waals surface area contributed by atoms with Crippen LogP contribution in [0.15, 0.2) is 93.2 Å². The van der Waals surface area contributed by atoms with Gasteiger partial charge in [-0.25, -0.2) is 4.68 Å². The Bertz CT molecular complexity index is 1770. The van der Waals surface area contributed by atoms with E-state index in [1.54, 1.807) is 60.7 Å². The first kappa shape index (κ1) is 24.2. The van der Waals surface area contributed by atoms with Crippen LogP contribution >= 0.6 is 11.6 Å². The third-order valence-electron chi connectivity index (χ3n) is 6.22. The lowest BCUT2D eigenvalue weighted by Crippen LogP contribution is -2.47. The number of amides is 1. The maximum atomic E-state index is 13.3. The molecule has 0 bridgehead atoms.